The van der Waals surface area contributed by atoms with Crippen LogP contribution in [0.5, 0.6) is 0 Å². The van der Waals surface area contributed by atoms with Crippen LogP contribution in [0.4, 0.5) is 0 Å². The topological polar surface area (TPSA) is 56.1 Å². The van der Waals surface area contributed by atoms with Crippen LogP contribution in [-0.2, 0) is 9.53 Å². The Labute approximate surface area is 138 Å². The van der Waals surface area contributed by atoms with E-state index < -0.39 is 0 Å². The van der Waals surface area contributed by atoms with Crippen molar-refractivity contribution in [2.75, 3.05) is 6.61 Å². The Morgan fingerprint density at radius 3 is 2.83 bits per heavy atom. The Morgan fingerprint density at radius 2 is 2.17 bits per heavy atom. The van der Waals surface area contributed by atoms with Crippen LogP contribution in [0, 0.1) is 11.3 Å². The molecule has 1 aromatic rings. The van der Waals surface area contributed by atoms with Crippen LogP contribution in [0.25, 0.3) is 0 Å². The minimum absolute atomic E-state index is 0.0479. The van der Waals surface area contributed by atoms with Crippen LogP contribution < -0.4 is 5.32 Å². The lowest BCUT2D eigenvalue weighted by atomic mass is 9.83. The lowest BCUT2D eigenvalue weighted by molar-refractivity contribution is -0.124. The van der Waals surface area contributed by atoms with Crippen LogP contribution >= 0.6 is 0 Å². The fourth-order valence-corrected chi connectivity index (χ4v) is 3.69. The largest absolute Gasteiger partial charge is 0.370 e. The molecular weight excluding hydrogens is 290 g/mol. The van der Waals surface area contributed by atoms with Gasteiger partial charge in [0.2, 0.25) is 5.91 Å². The molecule has 0 bridgehead atoms. The molecule has 1 saturated heterocycles. The quantitative estimate of drug-likeness (QED) is 0.876. The van der Waals surface area contributed by atoms with E-state index in [1.54, 1.807) is 0 Å². The van der Waals surface area contributed by atoms with Gasteiger partial charge in [-0.25, -0.2) is 0 Å². The molecule has 1 amide bonds. The second kappa shape index (κ2) is 6.27. The Balaban J connectivity index is 1.65. The molecule has 2 aliphatic rings. The van der Waals surface area contributed by atoms with Crippen LogP contribution in [0.2, 0.25) is 0 Å². The number of rotatable bonds is 6. The van der Waals surface area contributed by atoms with Gasteiger partial charge in [-0.05, 0) is 50.5 Å². The van der Waals surface area contributed by atoms with Crippen LogP contribution in [0.3, 0.4) is 0 Å². The van der Waals surface area contributed by atoms with E-state index in [0.717, 1.165) is 12.1 Å². The first-order valence-corrected chi connectivity index (χ1v) is 8.83. The highest BCUT2D eigenvalue weighted by atomic mass is 16.5. The van der Waals surface area contributed by atoms with E-state index in [2.05, 4.69) is 38.1 Å². The molecule has 2 atom stereocenters. The van der Waals surface area contributed by atoms with Gasteiger partial charge in [-0.15, -0.1) is 0 Å². The second-order valence-corrected chi connectivity index (χ2v) is 7.99. The Morgan fingerprint density at radius 1 is 1.43 bits per heavy atom. The highest BCUT2D eigenvalue weighted by Crippen LogP contribution is 2.47. The minimum Gasteiger partial charge on any atom is -0.370 e. The number of carbonyl (C=O) groups excluding carboxylic acids is 1. The van der Waals surface area contributed by atoms with Crippen molar-refractivity contribution in [3.05, 3.63) is 18.0 Å². The zero-order chi connectivity index (χ0) is 16.6. The van der Waals surface area contributed by atoms with Gasteiger partial charge in [-0.3, -0.25) is 9.48 Å². The fourth-order valence-electron chi connectivity index (χ4n) is 3.69. The summed E-state index contributed by atoms with van der Waals surface area (Å²) in [5.41, 5.74) is 1.17. The zero-order valence-corrected chi connectivity index (χ0v) is 14.7. The predicted molar refractivity (Wildman–Crippen MR) is 89.0 cm³/mol. The summed E-state index contributed by atoms with van der Waals surface area (Å²) in [6.45, 7) is 9.32. The van der Waals surface area contributed by atoms with E-state index in [4.69, 9.17) is 4.74 Å². The van der Waals surface area contributed by atoms with Crippen molar-refractivity contribution in [2.45, 2.75) is 71.6 Å². The number of aromatic nitrogens is 2. The molecular formula is C18H29N3O2. The molecule has 2 fully saturated rings. The van der Waals surface area contributed by atoms with Crippen molar-refractivity contribution in [3.63, 3.8) is 0 Å². The second-order valence-electron chi connectivity index (χ2n) is 7.99. The first-order chi connectivity index (χ1) is 10.9. The van der Waals surface area contributed by atoms with E-state index in [1.165, 1.54) is 12.8 Å². The average Bonchev–Trinajstić information content (AvgIpc) is 3.05. The lowest BCUT2D eigenvalue weighted by Crippen LogP contribution is -2.39. The Bertz CT molecular complexity index is 560. The average molecular weight is 319 g/mol. The highest BCUT2D eigenvalue weighted by Gasteiger charge is 2.40. The molecule has 2 heterocycles. The number of nitrogens with one attached hydrogen (secondary N) is 1. The van der Waals surface area contributed by atoms with Crippen molar-refractivity contribution in [2.24, 2.45) is 11.3 Å². The maximum Gasteiger partial charge on any atom is 0.220 e. The van der Waals surface area contributed by atoms with Gasteiger partial charge in [-0.1, -0.05) is 13.8 Å². The molecule has 3 rings (SSSR count). The number of ether oxygens (including phenoxy) is 1. The maximum atomic E-state index is 12.5. The van der Waals surface area contributed by atoms with E-state index in [1.807, 2.05) is 16.9 Å². The van der Waals surface area contributed by atoms with Crippen molar-refractivity contribution in [1.29, 1.82) is 0 Å². The van der Waals surface area contributed by atoms with Crippen molar-refractivity contribution in [3.8, 4) is 0 Å². The Kier molecular flexibility index (Phi) is 4.50. The molecule has 0 spiro atoms. The molecule has 1 aliphatic heterocycles. The number of nitrogens with zero attached hydrogens (tertiary/aromatic N) is 2. The molecule has 1 N–H and O–H groups in total. The summed E-state index contributed by atoms with van der Waals surface area (Å²) >= 11 is 0. The molecule has 1 aromatic heterocycles. The summed E-state index contributed by atoms with van der Waals surface area (Å²) < 4.78 is 7.91. The number of carbonyl (C=O) groups is 1. The van der Waals surface area contributed by atoms with Gasteiger partial charge in [0, 0.05) is 25.3 Å². The SMILES string of the molecule is CC(C)n1nccc1[C@H]1OCC[C@@H]1NC(=O)CC(C)(C)C1CC1. The number of hydrogen-bond acceptors (Lipinski definition) is 3. The van der Waals surface area contributed by atoms with E-state index in [0.29, 0.717) is 18.9 Å². The van der Waals surface area contributed by atoms with E-state index in [9.17, 15) is 4.79 Å². The van der Waals surface area contributed by atoms with Gasteiger partial charge in [-0.2, -0.15) is 5.10 Å². The summed E-state index contributed by atoms with van der Waals surface area (Å²) in [5, 5.41) is 7.61. The molecule has 1 saturated carbocycles. The number of hydrogen-bond donors (Lipinski definition) is 1. The summed E-state index contributed by atoms with van der Waals surface area (Å²) in [7, 11) is 0. The normalized spacial score (nSPS) is 25.1. The van der Waals surface area contributed by atoms with Crippen molar-refractivity contribution >= 4 is 5.91 Å². The van der Waals surface area contributed by atoms with Crippen LogP contribution in [0.15, 0.2) is 12.3 Å². The first-order valence-electron chi connectivity index (χ1n) is 8.83. The van der Waals surface area contributed by atoms with Crippen molar-refractivity contribution < 1.29 is 9.53 Å². The first kappa shape index (κ1) is 16.5. The third-order valence-electron chi connectivity index (χ3n) is 5.22. The highest BCUT2D eigenvalue weighted by molar-refractivity contribution is 5.77. The Hall–Kier alpha value is -1.36. The van der Waals surface area contributed by atoms with Gasteiger partial charge < -0.3 is 10.1 Å². The molecule has 1 aliphatic carbocycles. The van der Waals surface area contributed by atoms with E-state index in [-0.39, 0.29) is 29.5 Å². The molecule has 128 valence electrons. The molecule has 0 radical (unpaired) electrons. The molecule has 5 heteroatoms. The summed E-state index contributed by atoms with van der Waals surface area (Å²) in [4.78, 5) is 12.5. The summed E-state index contributed by atoms with van der Waals surface area (Å²) in [5.74, 6) is 0.865. The predicted octanol–water partition coefficient (Wildman–Crippen LogP) is 3.24. The summed E-state index contributed by atoms with van der Waals surface area (Å²) in [6, 6.07) is 2.34. The van der Waals surface area contributed by atoms with Crippen LogP contribution in [-0.4, -0.2) is 28.3 Å². The minimum atomic E-state index is -0.0899. The third kappa shape index (κ3) is 3.60. The monoisotopic (exact) mass is 319 g/mol. The standard InChI is InChI=1S/C18H29N3O2/c1-12(2)21-15(7-9-19-21)17-14(8-10-23-17)20-16(22)11-18(3,4)13-5-6-13/h7,9,12-14,17H,5-6,8,10-11H2,1-4H3,(H,20,22)/t14-,17-/m0/s1. The third-order valence-corrected chi connectivity index (χ3v) is 5.22. The van der Waals surface area contributed by atoms with Crippen LogP contribution in [0.1, 0.15) is 71.2 Å². The van der Waals surface area contributed by atoms with E-state index >= 15 is 0 Å². The fraction of sp³-hybridized carbons (Fsp3) is 0.778. The van der Waals surface area contributed by atoms with Gasteiger partial charge in [0.15, 0.2) is 0 Å². The molecule has 0 aromatic carbocycles. The van der Waals surface area contributed by atoms with Gasteiger partial charge >= 0.3 is 0 Å². The van der Waals surface area contributed by atoms with Gasteiger partial charge in [0.1, 0.15) is 6.10 Å². The smallest absolute Gasteiger partial charge is 0.220 e. The van der Waals surface area contributed by atoms with Crippen molar-refractivity contribution in [1.82, 2.24) is 15.1 Å². The maximum absolute atomic E-state index is 12.5. The zero-order valence-electron chi connectivity index (χ0n) is 14.7. The number of amides is 1. The molecule has 5 nitrogen and oxygen atoms in total. The lowest BCUT2D eigenvalue weighted by Gasteiger charge is -2.26. The van der Waals surface area contributed by atoms with Gasteiger partial charge in [0.25, 0.3) is 0 Å². The summed E-state index contributed by atoms with van der Waals surface area (Å²) in [6.07, 6.45) is 5.72. The molecule has 23 heavy (non-hydrogen) atoms. The molecule has 0 unspecified atom stereocenters. The van der Waals surface area contributed by atoms with Gasteiger partial charge in [0.05, 0.1) is 11.7 Å².